The summed E-state index contributed by atoms with van der Waals surface area (Å²) in [5.74, 6) is 0.335. The first-order valence-electron chi connectivity index (χ1n) is 17.0. The average molecular weight is 671 g/mol. The van der Waals surface area contributed by atoms with Crippen LogP contribution in [0.4, 0.5) is 0 Å². The number of hydrogen-bond acceptors (Lipinski definition) is 4. The van der Waals surface area contributed by atoms with Gasteiger partial charge in [-0.1, -0.05) is 164 Å². The predicted octanol–water partition coefficient (Wildman–Crippen LogP) is 11.5. The van der Waals surface area contributed by atoms with Crippen molar-refractivity contribution >= 4 is 39.1 Å². The van der Waals surface area contributed by atoms with Crippen molar-refractivity contribution in [2.24, 2.45) is 5.41 Å². The number of Topliss-reactive ketones (excluding diaryl/α,β-unsaturated/α-hetero) is 2. The summed E-state index contributed by atoms with van der Waals surface area (Å²) < 4.78 is 5.35. The topological polar surface area (TPSA) is 60.4 Å². The number of esters is 1. The van der Waals surface area contributed by atoms with Crippen LogP contribution < -0.4 is 4.74 Å². The molecule has 0 N–H and O–H groups in total. The molecule has 1 unspecified atom stereocenters. The zero-order chi connectivity index (χ0) is 36.2. The zero-order valence-electron chi connectivity index (χ0n) is 29.5. The Bertz CT molecular complexity index is 2220. The number of hydrogen-bond donors (Lipinski definition) is 0. The van der Waals surface area contributed by atoms with Gasteiger partial charge in [-0.05, 0) is 72.5 Å². The van der Waals surface area contributed by atoms with Crippen LogP contribution in [0.2, 0.25) is 0 Å². The van der Waals surface area contributed by atoms with Gasteiger partial charge in [0.15, 0.2) is 11.6 Å². The molecule has 0 saturated heterocycles. The lowest BCUT2D eigenvalue weighted by Gasteiger charge is -2.18. The fourth-order valence-corrected chi connectivity index (χ4v) is 5.46. The van der Waals surface area contributed by atoms with Crippen LogP contribution in [0.3, 0.4) is 0 Å². The predicted molar refractivity (Wildman–Crippen MR) is 208 cm³/mol. The molecule has 0 bridgehead atoms. The molecule has 0 aromatic heterocycles. The molecule has 7 rings (SSSR count). The Morgan fingerprint density at radius 3 is 1.43 bits per heavy atom. The van der Waals surface area contributed by atoms with Gasteiger partial charge < -0.3 is 4.74 Å². The molecule has 0 amide bonds. The minimum Gasteiger partial charge on any atom is -0.426 e. The quantitative estimate of drug-likeness (QED) is 0.100. The largest absolute Gasteiger partial charge is 0.426 e. The average Bonchev–Trinajstić information content (AvgIpc) is 3.16. The highest BCUT2D eigenvalue weighted by Crippen LogP contribution is 2.31. The highest BCUT2D eigenvalue weighted by Gasteiger charge is 2.25. The van der Waals surface area contributed by atoms with E-state index in [0.717, 1.165) is 38.4 Å². The maximum atomic E-state index is 13.3. The van der Waals surface area contributed by atoms with Crippen molar-refractivity contribution in [1.82, 2.24) is 0 Å². The lowest BCUT2D eigenvalue weighted by molar-refractivity contribution is -0.142. The minimum atomic E-state index is -0.481. The number of ether oxygens (including phenoxy) is 1. The van der Waals surface area contributed by atoms with E-state index >= 15 is 0 Å². The number of carbonyl (C=O) groups is 3. The van der Waals surface area contributed by atoms with Crippen molar-refractivity contribution in [3.8, 4) is 5.75 Å². The second kappa shape index (κ2) is 17.0. The molecule has 254 valence electrons. The molecule has 0 heterocycles. The Balaban J connectivity index is 0.000000167. The van der Waals surface area contributed by atoms with Gasteiger partial charge in [0, 0.05) is 11.1 Å². The van der Waals surface area contributed by atoms with E-state index in [1.54, 1.807) is 6.92 Å². The number of rotatable bonds is 6. The van der Waals surface area contributed by atoms with Crippen molar-refractivity contribution in [3.63, 3.8) is 0 Å². The molecule has 51 heavy (non-hydrogen) atoms. The molecule has 4 heteroatoms. The van der Waals surface area contributed by atoms with E-state index in [9.17, 15) is 14.4 Å². The third-order valence-corrected chi connectivity index (χ3v) is 8.28. The molecule has 0 saturated carbocycles. The Hall–Kier alpha value is -6.13. The van der Waals surface area contributed by atoms with E-state index in [2.05, 4.69) is 30.3 Å². The van der Waals surface area contributed by atoms with Crippen LogP contribution in [0.25, 0.3) is 21.5 Å². The SMILES string of the molecule is CC(=O)c1ccccc1.CC(C)(C)C(=O)Oc1ccc2ccccc2c1.O=C(c1ccccc1)C(c1ccccc1)c1ccc2ccccc2c1. The maximum absolute atomic E-state index is 13.3. The van der Waals surface area contributed by atoms with Crippen molar-refractivity contribution in [2.45, 2.75) is 33.6 Å². The first-order chi connectivity index (χ1) is 24.6. The fraction of sp³-hybridized carbons (Fsp3) is 0.128. The van der Waals surface area contributed by atoms with Crippen LogP contribution in [0.5, 0.6) is 5.75 Å². The van der Waals surface area contributed by atoms with Crippen LogP contribution in [0.15, 0.2) is 176 Å². The lowest BCUT2D eigenvalue weighted by Crippen LogP contribution is -2.25. The van der Waals surface area contributed by atoms with Gasteiger partial charge in [-0.2, -0.15) is 0 Å². The van der Waals surface area contributed by atoms with E-state index in [1.165, 1.54) is 5.39 Å². The Kier molecular flexibility index (Phi) is 12.1. The van der Waals surface area contributed by atoms with E-state index in [0.29, 0.717) is 5.75 Å². The maximum Gasteiger partial charge on any atom is 0.316 e. The molecule has 0 aliphatic heterocycles. The molecular weight excluding hydrogens is 629 g/mol. The first kappa shape index (κ1) is 36.2. The summed E-state index contributed by atoms with van der Waals surface area (Å²) in [4.78, 5) is 35.7. The molecule has 0 fully saturated rings. The number of fused-ring (bicyclic) bond motifs is 2. The van der Waals surface area contributed by atoms with Gasteiger partial charge in [0.05, 0.1) is 11.3 Å². The second-order valence-electron chi connectivity index (χ2n) is 13.3. The summed E-state index contributed by atoms with van der Waals surface area (Å²) in [6, 6.07) is 57.0. The van der Waals surface area contributed by atoms with Crippen LogP contribution in [-0.2, 0) is 4.79 Å². The summed E-state index contributed by atoms with van der Waals surface area (Å²) in [5, 5.41) is 4.56. The lowest BCUT2D eigenvalue weighted by atomic mass is 9.84. The number of carbonyl (C=O) groups excluding carboxylic acids is 3. The molecular formula is C47H42O4. The van der Waals surface area contributed by atoms with Gasteiger partial charge in [-0.3, -0.25) is 14.4 Å². The van der Waals surface area contributed by atoms with Gasteiger partial charge in [-0.25, -0.2) is 0 Å². The monoisotopic (exact) mass is 670 g/mol. The molecule has 7 aromatic rings. The summed E-state index contributed by atoms with van der Waals surface area (Å²) in [6.45, 7) is 7.10. The molecule has 1 atom stereocenters. The van der Waals surface area contributed by atoms with Crippen LogP contribution in [-0.4, -0.2) is 17.5 Å². The Morgan fingerprint density at radius 1 is 0.471 bits per heavy atom. The van der Waals surface area contributed by atoms with Gasteiger partial charge in [0.1, 0.15) is 5.75 Å². The van der Waals surface area contributed by atoms with Gasteiger partial charge in [-0.15, -0.1) is 0 Å². The minimum absolute atomic E-state index is 0.121. The van der Waals surface area contributed by atoms with Crippen LogP contribution in [0.1, 0.15) is 65.5 Å². The third kappa shape index (κ3) is 9.96. The van der Waals surface area contributed by atoms with E-state index in [4.69, 9.17) is 4.74 Å². The zero-order valence-corrected chi connectivity index (χ0v) is 29.5. The molecule has 4 nitrogen and oxygen atoms in total. The number of benzene rings is 7. The standard InChI is InChI=1S/C24H18O.C15H16O2.C8H8O/c25-24(20-12-5-2-6-13-20)23(19-10-3-1-4-11-19)22-16-15-18-9-7-8-14-21(18)17-22;1-15(2,3)14(16)17-13-9-8-11-6-4-5-7-12(11)10-13;1-7(9)8-5-3-2-4-6-8/h1-17,23H;4-10H,1-3H3;2-6H,1H3. The van der Waals surface area contributed by atoms with E-state index in [-0.39, 0.29) is 23.5 Å². The summed E-state index contributed by atoms with van der Waals surface area (Å²) in [7, 11) is 0. The summed E-state index contributed by atoms with van der Waals surface area (Å²) >= 11 is 0. The van der Waals surface area contributed by atoms with Gasteiger partial charge in [0.2, 0.25) is 0 Å². The van der Waals surface area contributed by atoms with Gasteiger partial charge >= 0.3 is 5.97 Å². The smallest absolute Gasteiger partial charge is 0.316 e. The van der Waals surface area contributed by atoms with Crippen LogP contribution in [0, 0.1) is 5.41 Å². The fourth-order valence-electron chi connectivity index (χ4n) is 5.46. The van der Waals surface area contributed by atoms with Crippen molar-refractivity contribution < 1.29 is 19.1 Å². The second-order valence-corrected chi connectivity index (χ2v) is 13.3. The van der Waals surface area contributed by atoms with Gasteiger partial charge in [0.25, 0.3) is 0 Å². The Labute approximate surface area is 300 Å². The highest BCUT2D eigenvalue weighted by atomic mass is 16.5. The van der Waals surface area contributed by atoms with Crippen molar-refractivity contribution in [3.05, 3.63) is 198 Å². The molecule has 0 radical (unpaired) electrons. The molecule has 0 aliphatic carbocycles. The normalized spacial score (nSPS) is 11.3. The number of ketones is 2. The molecule has 7 aromatic carbocycles. The van der Waals surface area contributed by atoms with E-state index < -0.39 is 5.41 Å². The van der Waals surface area contributed by atoms with Crippen LogP contribution >= 0.6 is 0 Å². The Morgan fingerprint density at radius 2 is 0.922 bits per heavy atom. The summed E-state index contributed by atoms with van der Waals surface area (Å²) in [6.07, 6.45) is 0. The first-order valence-corrected chi connectivity index (χ1v) is 17.0. The third-order valence-electron chi connectivity index (χ3n) is 8.28. The summed E-state index contributed by atoms with van der Waals surface area (Å²) in [5.41, 5.74) is 3.08. The molecule has 0 spiro atoms. The molecule has 0 aliphatic rings. The van der Waals surface area contributed by atoms with E-state index in [1.807, 2.05) is 166 Å². The van der Waals surface area contributed by atoms with Crippen molar-refractivity contribution in [2.75, 3.05) is 0 Å². The highest BCUT2D eigenvalue weighted by molar-refractivity contribution is 6.03. The van der Waals surface area contributed by atoms with Crippen molar-refractivity contribution in [1.29, 1.82) is 0 Å².